The fraction of sp³-hybridized carbons (Fsp3) is 0.533. The van der Waals surface area contributed by atoms with Crippen molar-refractivity contribution >= 4 is 17.5 Å². The van der Waals surface area contributed by atoms with Gasteiger partial charge in [-0.05, 0) is 18.6 Å². The molecule has 0 radical (unpaired) electrons. The number of nitrogens with one attached hydrogen (secondary N) is 1. The quantitative estimate of drug-likeness (QED) is 0.837. The number of hydrogen-bond donors (Lipinski definition) is 1. The van der Waals surface area contributed by atoms with E-state index in [4.69, 9.17) is 0 Å². The number of carbonyl (C=O) groups excluding carboxylic acids is 2. The van der Waals surface area contributed by atoms with Crippen molar-refractivity contribution in [3.8, 4) is 0 Å². The Morgan fingerprint density at radius 2 is 2.15 bits per heavy atom. The predicted molar refractivity (Wildman–Crippen MR) is 77.0 cm³/mol. The maximum atomic E-state index is 12.2. The summed E-state index contributed by atoms with van der Waals surface area (Å²) < 4.78 is 0. The van der Waals surface area contributed by atoms with E-state index >= 15 is 0 Å². The number of imide groups is 1. The van der Waals surface area contributed by atoms with Crippen LogP contribution in [0.4, 0.5) is 5.69 Å². The van der Waals surface area contributed by atoms with Gasteiger partial charge in [-0.2, -0.15) is 0 Å². The molecule has 20 heavy (non-hydrogen) atoms. The lowest BCUT2D eigenvalue weighted by Crippen LogP contribution is -2.32. The maximum Gasteiger partial charge on any atom is 0.235 e. The number of likely N-dealkylation sites (tertiary alicyclic amines) is 1. The van der Waals surface area contributed by atoms with Crippen molar-refractivity contribution in [2.45, 2.75) is 40.2 Å². The monoisotopic (exact) mass is 275 g/mol. The van der Waals surface area contributed by atoms with Gasteiger partial charge in [-0.1, -0.05) is 20.8 Å². The van der Waals surface area contributed by atoms with Crippen LogP contribution >= 0.6 is 0 Å². The Morgan fingerprint density at radius 1 is 1.40 bits per heavy atom. The molecule has 1 aromatic rings. The van der Waals surface area contributed by atoms with Crippen LogP contribution in [0.1, 0.15) is 39.3 Å². The van der Waals surface area contributed by atoms with Gasteiger partial charge >= 0.3 is 0 Å². The molecule has 1 N–H and O–H groups in total. The average Bonchev–Trinajstić information content (AvgIpc) is 2.59. The van der Waals surface area contributed by atoms with Crippen LogP contribution in [-0.2, 0) is 16.1 Å². The molecular weight excluding hydrogens is 254 g/mol. The van der Waals surface area contributed by atoms with Crippen molar-refractivity contribution in [2.75, 3.05) is 11.9 Å². The zero-order valence-corrected chi connectivity index (χ0v) is 12.3. The molecule has 0 unspecified atom stereocenters. The SMILES string of the molecule is CCCNc1ccnc(CN2C(=O)CC(C)(C)C2=O)c1. The van der Waals surface area contributed by atoms with Gasteiger partial charge in [0.2, 0.25) is 11.8 Å². The lowest BCUT2D eigenvalue weighted by Gasteiger charge is -2.17. The largest absolute Gasteiger partial charge is 0.385 e. The molecule has 5 nitrogen and oxygen atoms in total. The molecule has 1 aliphatic rings. The highest BCUT2D eigenvalue weighted by Crippen LogP contribution is 2.32. The third-order valence-electron chi connectivity index (χ3n) is 3.43. The molecule has 2 amide bonds. The number of anilines is 1. The van der Waals surface area contributed by atoms with E-state index in [1.54, 1.807) is 20.0 Å². The van der Waals surface area contributed by atoms with Crippen LogP contribution in [0.25, 0.3) is 0 Å². The standard InChI is InChI=1S/C15H21N3O2/c1-4-6-16-11-5-7-17-12(8-11)10-18-13(19)9-15(2,3)14(18)20/h5,7-8H,4,6,9-10H2,1-3H3,(H,16,17). The van der Waals surface area contributed by atoms with E-state index in [-0.39, 0.29) is 24.8 Å². The Labute approximate surface area is 119 Å². The fourth-order valence-corrected chi connectivity index (χ4v) is 2.29. The molecule has 0 aliphatic carbocycles. The third-order valence-corrected chi connectivity index (χ3v) is 3.43. The highest BCUT2D eigenvalue weighted by Gasteiger charge is 2.44. The summed E-state index contributed by atoms with van der Waals surface area (Å²) in [6, 6.07) is 3.78. The van der Waals surface area contributed by atoms with Crippen LogP contribution in [0, 0.1) is 5.41 Å². The van der Waals surface area contributed by atoms with E-state index < -0.39 is 5.41 Å². The Kier molecular flexibility index (Phi) is 4.06. The van der Waals surface area contributed by atoms with Gasteiger partial charge in [0.15, 0.2) is 0 Å². The number of aromatic nitrogens is 1. The zero-order valence-electron chi connectivity index (χ0n) is 12.3. The van der Waals surface area contributed by atoms with Crippen molar-refractivity contribution in [3.05, 3.63) is 24.0 Å². The van der Waals surface area contributed by atoms with E-state index in [1.165, 1.54) is 4.90 Å². The van der Waals surface area contributed by atoms with Crippen molar-refractivity contribution in [1.29, 1.82) is 0 Å². The van der Waals surface area contributed by atoms with Gasteiger partial charge in [-0.15, -0.1) is 0 Å². The molecule has 108 valence electrons. The first-order valence-corrected chi connectivity index (χ1v) is 6.97. The fourth-order valence-electron chi connectivity index (χ4n) is 2.29. The van der Waals surface area contributed by atoms with Gasteiger partial charge < -0.3 is 5.32 Å². The number of pyridine rings is 1. The Hall–Kier alpha value is -1.91. The second kappa shape index (κ2) is 5.61. The van der Waals surface area contributed by atoms with Crippen molar-refractivity contribution in [3.63, 3.8) is 0 Å². The van der Waals surface area contributed by atoms with E-state index in [9.17, 15) is 9.59 Å². The van der Waals surface area contributed by atoms with Gasteiger partial charge in [-0.25, -0.2) is 0 Å². The molecule has 1 saturated heterocycles. The maximum absolute atomic E-state index is 12.2. The van der Waals surface area contributed by atoms with Gasteiger partial charge in [0.25, 0.3) is 0 Å². The zero-order chi connectivity index (χ0) is 14.8. The first kappa shape index (κ1) is 14.5. The summed E-state index contributed by atoms with van der Waals surface area (Å²) in [6.07, 6.45) is 3.01. The predicted octanol–water partition coefficient (Wildman–Crippen LogP) is 2.19. The van der Waals surface area contributed by atoms with Gasteiger partial charge in [0, 0.05) is 24.8 Å². The first-order valence-electron chi connectivity index (χ1n) is 6.97. The van der Waals surface area contributed by atoms with Crippen molar-refractivity contribution in [1.82, 2.24) is 9.88 Å². The summed E-state index contributed by atoms with van der Waals surface area (Å²) in [7, 11) is 0. The second-order valence-corrected chi connectivity index (χ2v) is 5.81. The molecule has 1 aromatic heterocycles. The van der Waals surface area contributed by atoms with Crippen LogP contribution in [0.2, 0.25) is 0 Å². The lowest BCUT2D eigenvalue weighted by molar-refractivity contribution is -0.141. The van der Waals surface area contributed by atoms with E-state index in [2.05, 4.69) is 17.2 Å². The number of hydrogen-bond acceptors (Lipinski definition) is 4. The summed E-state index contributed by atoms with van der Waals surface area (Å²) >= 11 is 0. The van der Waals surface area contributed by atoms with Crippen molar-refractivity contribution in [2.24, 2.45) is 5.41 Å². The van der Waals surface area contributed by atoms with E-state index in [0.717, 1.165) is 24.3 Å². The summed E-state index contributed by atoms with van der Waals surface area (Å²) in [6.45, 7) is 6.85. The highest BCUT2D eigenvalue weighted by molar-refractivity contribution is 6.05. The smallest absolute Gasteiger partial charge is 0.235 e. The molecule has 0 atom stereocenters. The van der Waals surface area contributed by atoms with Crippen LogP contribution in [0.3, 0.4) is 0 Å². The van der Waals surface area contributed by atoms with Crippen LogP contribution in [-0.4, -0.2) is 28.2 Å². The molecule has 0 aromatic carbocycles. The van der Waals surface area contributed by atoms with E-state index in [0.29, 0.717) is 0 Å². The highest BCUT2D eigenvalue weighted by atomic mass is 16.2. The topological polar surface area (TPSA) is 62.3 Å². The number of carbonyl (C=O) groups is 2. The van der Waals surface area contributed by atoms with Crippen molar-refractivity contribution < 1.29 is 9.59 Å². The molecule has 0 saturated carbocycles. The summed E-state index contributed by atoms with van der Waals surface area (Å²) in [4.78, 5) is 29.6. The lowest BCUT2D eigenvalue weighted by atomic mass is 9.92. The molecule has 1 aliphatic heterocycles. The minimum absolute atomic E-state index is 0.115. The van der Waals surface area contributed by atoms with Crippen LogP contribution < -0.4 is 5.32 Å². The van der Waals surface area contributed by atoms with Gasteiger partial charge in [-0.3, -0.25) is 19.5 Å². The number of amides is 2. The summed E-state index contributed by atoms with van der Waals surface area (Å²) in [5, 5.41) is 3.27. The van der Waals surface area contributed by atoms with Crippen LogP contribution in [0.15, 0.2) is 18.3 Å². The van der Waals surface area contributed by atoms with Gasteiger partial charge in [0.1, 0.15) is 0 Å². The normalized spacial score (nSPS) is 17.6. The summed E-state index contributed by atoms with van der Waals surface area (Å²) in [5.74, 6) is -0.232. The molecule has 2 heterocycles. The molecular formula is C15H21N3O2. The van der Waals surface area contributed by atoms with E-state index in [1.807, 2.05) is 12.1 Å². The van der Waals surface area contributed by atoms with Gasteiger partial charge in [0.05, 0.1) is 17.7 Å². The first-order chi connectivity index (χ1) is 9.44. The average molecular weight is 275 g/mol. The Morgan fingerprint density at radius 3 is 2.75 bits per heavy atom. The number of nitrogens with zero attached hydrogens (tertiary/aromatic N) is 2. The molecule has 2 rings (SSSR count). The molecule has 0 bridgehead atoms. The summed E-state index contributed by atoms with van der Waals surface area (Å²) in [5.41, 5.74) is 1.11. The minimum atomic E-state index is -0.588. The minimum Gasteiger partial charge on any atom is -0.385 e. The third kappa shape index (κ3) is 2.98. The number of rotatable bonds is 5. The Bertz CT molecular complexity index is 526. The molecule has 5 heteroatoms. The molecule has 1 fully saturated rings. The second-order valence-electron chi connectivity index (χ2n) is 5.81. The molecule has 0 spiro atoms. The van der Waals surface area contributed by atoms with Crippen LogP contribution in [0.5, 0.6) is 0 Å². The Balaban J connectivity index is 2.10.